The van der Waals surface area contributed by atoms with Crippen LogP contribution in [-0.4, -0.2) is 35.6 Å². The molecule has 0 fully saturated rings. The minimum Gasteiger partial charge on any atom is -0.497 e. The van der Waals surface area contributed by atoms with Crippen molar-refractivity contribution >= 4 is 39.7 Å². The van der Waals surface area contributed by atoms with E-state index in [1.807, 2.05) is 42.5 Å². The molecule has 30 heavy (non-hydrogen) atoms. The summed E-state index contributed by atoms with van der Waals surface area (Å²) in [4.78, 5) is 24.5. The second kappa shape index (κ2) is 8.12. The summed E-state index contributed by atoms with van der Waals surface area (Å²) in [5.41, 5.74) is 1.66. The maximum absolute atomic E-state index is 11.6. The Morgan fingerprint density at radius 3 is 2.50 bits per heavy atom. The van der Waals surface area contributed by atoms with E-state index in [1.165, 1.54) is 0 Å². The monoisotopic (exact) mass is 401 g/mol. The summed E-state index contributed by atoms with van der Waals surface area (Å²) in [6, 6.07) is 19.5. The molecule has 0 saturated carbocycles. The minimum atomic E-state index is -1.17. The van der Waals surface area contributed by atoms with Crippen molar-refractivity contribution in [2.24, 2.45) is 15.0 Å². The van der Waals surface area contributed by atoms with Gasteiger partial charge in [0.1, 0.15) is 11.5 Å². The molecule has 1 aliphatic heterocycles. The molecule has 150 valence electrons. The predicted molar refractivity (Wildman–Crippen MR) is 119 cm³/mol. The van der Waals surface area contributed by atoms with Gasteiger partial charge in [-0.25, -0.2) is 9.98 Å². The molecule has 1 unspecified atom stereocenters. The number of nitrogens with one attached hydrogen (secondary N) is 1. The van der Waals surface area contributed by atoms with Gasteiger partial charge in [-0.2, -0.15) is 4.99 Å². The fraction of sp³-hybridized carbons (Fsp3) is 0.136. The van der Waals surface area contributed by atoms with Gasteiger partial charge in [0.2, 0.25) is 0 Å². The molecule has 1 heterocycles. The third kappa shape index (κ3) is 3.88. The lowest BCUT2D eigenvalue weighted by Gasteiger charge is -2.18. The largest absolute Gasteiger partial charge is 0.497 e. The average molecular weight is 401 g/mol. The van der Waals surface area contributed by atoms with Crippen LogP contribution in [0.4, 0.5) is 11.4 Å². The van der Waals surface area contributed by atoms with Gasteiger partial charge >= 0.3 is 6.04 Å². The number of hydrogen-bond acceptors (Lipinski definition) is 5. The summed E-state index contributed by atoms with van der Waals surface area (Å²) in [6.07, 6.45) is 0. The molecule has 8 nitrogen and oxygen atoms in total. The van der Waals surface area contributed by atoms with Gasteiger partial charge in [-0.15, -0.1) is 0 Å². The minimum absolute atomic E-state index is 0.164. The molecule has 3 aromatic carbocycles. The summed E-state index contributed by atoms with van der Waals surface area (Å²) in [7, 11) is 1.58. The van der Waals surface area contributed by atoms with Crippen molar-refractivity contribution in [3.63, 3.8) is 0 Å². The molecule has 0 spiro atoms. The van der Waals surface area contributed by atoms with Gasteiger partial charge in [-0.1, -0.05) is 36.4 Å². The summed E-state index contributed by atoms with van der Waals surface area (Å²) >= 11 is 0. The highest BCUT2D eigenvalue weighted by Gasteiger charge is 2.34. The summed E-state index contributed by atoms with van der Waals surface area (Å²) in [6.45, 7) is 1.61. The second-order valence-corrected chi connectivity index (χ2v) is 6.70. The number of guanidine groups is 1. The van der Waals surface area contributed by atoms with Crippen LogP contribution in [0.2, 0.25) is 0 Å². The lowest BCUT2D eigenvalue weighted by Crippen LogP contribution is -2.43. The fourth-order valence-corrected chi connectivity index (χ4v) is 3.25. The van der Waals surface area contributed by atoms with Gasteiger partial charge in [0.15, 0.2) is 5.84 Å². The molecule has 0 bridgehead atoms. The predicted octanol–water partition coefficient (Wildman–Crippen LogP) is 4.47. The zero-order chi connectivity index (χ0) is 21.1. The van der Waals surface area contributed by atoms with Gasteiger partial charge in [0.05, 0.1) is 12.8 Å². The number of ether oxygens (including phenoxy) is 1. The molecule has 0 radical (unpaired) electrons. The number of benzene rings is 3. The number of nitrogens with zero attached hydrogens (tertiary/aromatic N) is 4. The molecule has 1 aliphatic rings. The number of amidine groups is 1. The SMILES string of the molecule is COc1ccc(NC2=NC(=Nc3cccc4ccccc34)N=C(C)C2[N+](=O)[O-])cc1. The molecule has 3 aromatic rings. The summed E-state index contributed by atoms with van der Waals surface area (Å²) in [5, 5.41) is 16.7. The average Bonchev–Trinajstić information content (AvgIpc) is 2.74. The maximum Gasteiger partial charge on any atom is 0.307 e. The van der Waals surface area contributed by atoms with Crippen LogP contribution in [0, 0.1) is 10.1 Å². The van der Waals surface area contributed by atoms with Crippen molar-refractivity contribution in [3.05, 3.63) is 76.8 Å². The highest BCUT2D eigenvalue weighted by molar-refractivity contribution is 6.22. The highest BCUT2D eigenvalue weighted by Crippen LogP contribution is 2.26. The topological polar surface area (TPSA) is 101 Å². The van der Waals surface area contributed by atoms with Crippen molar-refractivity contribution in [3.8, 4) is 5.75 Å². The fourth-order valence-electron chi connectivity index (χ4n) is 3.25. The van der Waals surface area contributed by atoms with Crippen LogP contribution in [0.15, 0.2) is 81.7 Å². The second-order valence-electron chi connectivity index (χ2n) is 6.70. The van der Waals surface area contributed by atoms with Crippen molar-refractivity contribution in [2.75, 3.05) is 12.4 Å². The molecule has 1 N–H and O–H groups in total. The van der Waals surface area contributed by atoms with Gasteiger partial charge in [-0.3, -0.25) is 10.1 Å². The van der Waals surface area contributed by atoms with E-state index < -0.39 is 11.0 Å². The van der Waals surface area contributed by atoms with Crippen LogP contribution in [0.5, 0.6) is 5.75 Å². The third-order valence-electron chi connectivity index (χ3n) is 4.71. The highest BCUT2D eigenvalue weighted by atomic mass is 16.6. The molecule has 1 atom stereocenters. The molecular formula is C22H19N5O3. The number of methoxy groups -OCH3 is 1. The molecule has 8 heteroatoms. The van der Waals surface area contributed by atoms with E-state index in [0.717, 1.165) is 10.8 Å². The van der Waals surface area contributed by atoms with Crippen molar-refractivity contribution in [1.29, 1.82) is 0 Å². The first-order valence-corrected chi connectivity index (χ1v) is 9.30. The first kappa shape index (κ1) is 19.3. The van der Waals surface area contributed by atoms with Crippen LogP contribution in [0.25, 0.3) is 10.8 Å². The van der Waals surface area contributed by atoms with Crippen LogP contribution in [-0.2, 0) is 0 Å². The van der Waals surface area contributed by atoms with Gasteiger partial charge in [0, 0.05) is 16.0 Å². The Balaban J connectivity index is 1.74. The van der Waals surface area contributed by atoms with E-state index in [1.54, 1.807) is 38.3 Å². The van der Waals surface area contributed by atoms with Gasteiger partial charge in [-0.05, 0) is 42.6 Å². The lowest BCUT2D eigenvalue weighted by molar-refractivity contribution is -0.484. The Kier molecular flexibility index (Phi) is 5.21. The Hall–Kier alpha value is -4.07. The maximum atomic E-state index is 11.6. The summed E-state index contributed by atoms with van der Waals surface area (Å²) in [5.74, 6) is 1.02. The Bertz CT molecular complexity index is 1190. The van der Waals surface area contributed by atoms with Crippen LogP contribution < -0.4 is 10.1 Å². The van der Waals surface area contributed by atoms with Crippen molar-refractivity contribution in [1.82, 2.24) is 0 Å². The van der Waals surface area contributed by atoms with E-state index in [4.69, 9.17) is 4.74 Å². The smallest absolute Gasteiger partial charge is 0.307 e. The molecule has 0 amide bonds. The molecule has 0 saturated heterocycles. The number of rotatable bonds is 4. The van der Waals surface area contributed by atoms with E-state index in [0.29, 0.717) is 22.8 Å². The van der Waals surface area contributed by atoms with Crippen LogP contribution in [0.3, 0.4) is 0 Å². The zero-order valence-corrected chi connectivity index (χ0v) is 16.4. The summed E-state index contributed by atoms with van der Waals surface area (Å²) < 4.78 is 5.15. The van der Waals surface area contributed by atoms with Crippen LogP contribution in [0.1, 0.15) is 6.92 Å². The first-order chi connectivity index (χ1) is 14.5. The number of fused-ring (bicyclic) bond motifs is 1. The standard InChI is InChI=1S/C22H19N5O3/c1-14-20(27(28)29)21(24-16-10-12-17(30-2)13-11-16)26-22(23-14)25-19-9-5-7-15-6-3-4-8-18(15)19/h3-13,20H,1-2H3,(H,24,25,26). The number of aliphatic imine (C=N–C) groups is 3. The zero-order valence-electron chi connectivity index (χ0n) is 16.4. The van der Waals surface area contributed by atoms with Gasteiger partial charge in [0.25, 0.3) is 5.96 Å². The Morgan fingerprint density at radius 2 is 1.77 bits per heavy atom. The van der Waals surface area contributed by atoms with Crippen LogP contribution >= 0.6 is 0 Å². The normalized spacial score (nSPS) is 17.4. The number of nitro groups is 1. The molecular weight excluding hydrogens is 382 g/mol. The quantitative estimate of drug-likeness (QED) is 0.515. The molecule has 0 aliphatic carbocycles. The van der Waals surface area contributed by atoms with E-state index in [2.05, 4.69) is 20.3 Å². The Labute approximate surface area is 172 Å². The van der Waals surface area contributed by atoms with Gasteiger partial charge < -0.3 is 10.1 Å². The van der Waals surface area contributed by atoms with Crippen molar-refractivity contribution in [2.45, 2.75) is 13.0 Å². The van der Waals surface area contributed by atoms with Crippen molar-refractivity contribution < 1.29 is 9.66 Å². The third-order valence-corrected chi connectivity index (χ3v) is 4.71. The van der Waals surface area contributed by atoms with E-state index >= 15 is 0 Å². The lowest BCUT2D eigenvalue weighted by atomic mass is 10.1. The number of hydrogen-bond donors (Lipinski definition) is 1. The molecule has 0 aromatic heterocycles. The number of anilines is 1. The van der Waals surface area contributed by atoms with E-state index in [9.17, 15) is 10.1 Å². The molecule has 4 rings (SSSR count). The van der Waals surface area contributed by atoms with E-state index in [-0.39, 0.29) is 11.8 Å². The Morgan fingerprint density at radius 1 is 1.03 bits per heavy atom. The first-order valence-electron chi connectivity index (χ1n) is 9.30.